The van der Waals surface area contributed by atoms with Crippen LogP contribution >= 0.6 is 0 Å². The van der Waals surface area contributed by atoms with Crippen LogP contribution in [0.2, 0.25) is 0 Å². The Morgan fingerprint density at radius 3 is 2.52 bits per heavy atom. The molecule has 0 unspecified atom stereocenters. The second-order valence-corrected chi connectivity index (χ2v) is 6.57. The average Bonchev–Trinajstić information content (AvgIpc) is 3.24. The van der Waals surface area contributed by atoms with E-state index in [1.54, 1.807) is 6.26 Å². The maximum atomic E-state index is 5.60. The minimum atomic E-state index is 0.520. The summed E-state index contributed by atoms with van der Waals surface area (Å²) < 4.78 is 7.68. The van der Waals surface area contributed by atoms with Gasteiger partial charge < -0.3 is 9.73 Å². The number of anilines is 2. The Bertz CT molecular complexity index is 996. The maximum Gasteiger partial charge on any atom is 0.156 e. The molecule has 1 aromatic carbocycles. The van der Waals surface area contributed by atoms with Gasteiger partial charge in [-0.15, -0.1) is 0 Å². The van der Waals surface area contributed by atoms with Crippen LogP contribution in [-0.4, -0.2) is 9.38 Å². The molecule has 3 aromatic heterocycles. The molecule has 0 radical (unpaired) electrons. The lowest BCUT2D eigenvalue weighted by atomic mass is 10.0. The third-order valence-electron chi connectivity index (χ3n) is 4.44. The van der Waals surface area contributed by atoms with Crippen LogP contribution in [0.5, 0.6) is 0 Å². The Balaban J connectivity index is 1.82. The Morgan fingerprint density at radius 1 is 1.04 bits per heavy atom. The van der Waals surface area contributed by atoms with Crippen LogP contribution in [0.15, 0.2) is 65.4 Å². The van der Waals surface area contributed by atoms with Gasteiger partial charge in [0.2, 0.25) is 0 Å². The van der Waals surface area contributed by atoms with E-state index >= 15 is 0 Å². The highest BCUT2D eigenvalue weighted by Crippen LogP contribution is 2.32. The predicted octanol–water partition coefficient (Wildman–Crippen LogP) is 5.77. The minimum absolute atomic E-state index is 0.520. The molecule has 4 aromatic rings. The fourth-order valence-corrected chi connectivity index (χ4v) is 3.00. The number of aryl methyl sites for hydroxylation is 1. The molecule has 0 spiro atoms. The quantitative estimate of drug-likeness (QED) is 0.516. The van der Waals surface area contributed by atoms with Crippen LogP contribution in [0.4, 0.5) is 11.5 Å². The number of nitrogens with zero attached hydrogens (tertiary/aromatic N) is 2. The molecule has 1 N–H and O–H groups in total. The minimum Gasteiger partial charge on any atom is -0.463 e. The van der Waals surface area contributed by atoms with Gasteiger partial charge in [0.15, 0.2) is 5.76 Å². The van der Waals surface area contributed by atoms with E-state index < -0.39 is 0 Å². The van der Waals surface area contributed by atoms with Crippen LogP contribution in [0.1, 0.15) is 30.9 Å². The van der Waals surface area contributed by atoms with Gasteiger partial charge in [0.25, 0.3) is 0 Å². The lowest BCUT2D eigenvalue weighted by molar-refractivity contribution is 0.581. The zero-order chi connectivity index (χ0) is 17.4. The molecule has 0 aliphatic rings. The average molecular weight is 331 g/mol. The molecule has 4 nitrogen and oxygen atoms in total. The number of furan rings is 1. The van der Waals surface area contributed by atoms with E-state index in [2.05, 4.69) is 60.8 Å². The van der Waals surface area contributed by atoms with Crippen molar-refractivity contribution >= 4 is 17.2 Å². The fraction of sp³-hybridized carbons (Fsp3) is 0.190. The van der Waals surface area contributed by atoms with Gasteiger partial charge in [0, 0.05) is 11.9 Å². The summed E-state index contributed by atoms with van der Waals surface area (Å²) in [6, 6.07) is 16.4. The second-order valence-electron chi connectivity index (χ2n) is 6.57. The number of nitrogens with one attached hydrogen (secondary N) is 1. The predicted molar refractivity (Wildman–Crippen MR) is 101 cm³/mol. The normalized spacial score (nSPS) is 11.4. The van der Waals surface area contributed by atoms with Crippen molar-refractivity contribution in [3.8, 4) is 11.5 Å². The lowest BCUT2D eigenvalue weighted by Crippen LogP contribution is -1.97. The van der Waals surface area contributed by atoms with Crippen LogP contribution in [0.25, 0.3) is 17.1 Å². The second kappa shape index (κ2) is 6.13. The zero-order valence-corrected chi connectivity index (χ0v) is 14.7. The smallest absolute Gasteiger partial charge is 0.156 e. The van der Waals surface area contributed by atoms with Crippen molar-refractivity contribution in [2.24, 2.45) is 0 Å². The number of hydrogen-bond donors (Lipinski definition) is 1. The molecule has 0 amide bonds. The van der Waals surface area contributed by atoms with Gasteiger partial charge in [-0.2, -0.15) is 0 Å². The van der Waals surface area contributed by atoms with Gasteiger partial charge >= 0.3 is 0 Å². The molecule has 4 rings (SSSR count). The van der Waals surface area contributed by atoms with Crippen molar-refractivity contribution in [3.05, 3.63) is 72.1 Å². The number of hydrogen-bond acceptors (Lipinski definition) is 3. The molecule has 0 fully saturated rings. The van der Waals surface area contributed by atoms with E-state index in [0.29, 0.717) is 5.92 Å². The number of aromatic nitrogens is 2. The molecule has 3 heterocycles. The lowest BCUT2D eigenvalue weighted by Gasteiger charge is -2.10. The summed E-state index contributed by atoms with van der Waals surface area (Å²) in [5.74, 6) is 2.18. The maximum absolute atomic E-state index is 5.60. The van der Waals surface area contributed by atoms with Crippen molar-refractivity contribution < 1.29 is 4.42 Å². The topological polar surface area (TPSA) is 42.5 Å². The first-order valence-corrected chi connectivity index (χ1v) is 8.52. The molecular weight excluding hydrogens is 310 g/mol. The van der Waals surface area contributed by atoms with Gasteiger partial charge in [0.1, 0.15) is 17.2 Å². The third-order valence-corrected chi connectivity index (χ3v) is 4.44. The van der Waals surface area contributed by atoms with Crippen molar-refractivity contribution in [2.45, 2.75) is 26.7 Å². The number of imidazole rings is 1. The van der Waals surface area contributed by atoms with E-state index in [9.17, 15) is 0 Å². The summed E-state index contributed by atoms with van der Waals surface area (Å²) in [4.78, 5) is 4.80. The number of rotatable bonds is 4. The van der Waals surface area contributed by atoms with Gasteiger partial charge in [-0.05, 0) is 54.3 Å². The van der Waals surface area contributed by atoms with Crippen LogP contribution < -0.4 is 5.32 Å². The Labute approximate surface area is 147 Å². The summed E-state index contributed by atoms with van der Waals surface area (Å²) in [6.07, 6.45) is 3.69. The van der Waals surface area contributed by atoms with Gasteiger partial charge in [-0.3, -0.25) is 4.40 Å². The molecule has 4 heteroatoms. The summed E-state index contributed by atoms with van der Waals surface area (Å²) in [7, 11) is 0. The third kappa shape index (κ3) is 2.80. The molecule has 0 aliphatic carbocycles. The summed E-state index contributed by atoms with van der Waals surface area (Å²) in [5.41, 5.74) is 5.22. The fourth-order valence-electron chi connectivity index (χ4n) is 3.00. The highest BCUT2D eigenvalue weighted by atomic mass is 16.3. The first-order chi connectivity index (χ1) is 12.1. The monoisotopic (exact) mass is 331 g/mol. The number of benzene rings is 1. The standard InChI is InChI=1S/C21H21N3O/c1-14(2)16-8-10-17(11-9-16)22-21-19(18-7-5-13-25-18)23-20-15(3)6-4-12-24(20)21/h4-14,22H,1-3H3. The highest BCUT2D eigenvalue weighted by molar-refractivity contribution is 5.78. The van der Waals surface area contributed by atoms with Crippen molar-refractivity contribution in [1.82, 2.24) is 9.38 Å². The molecular formula is C21H21N3O. The largest absolute Gasteiger partial charge is 0.463 e. The van der Waals surface area contributed by atoms with E-state index in [1.165, 1.54) is 5.56 Å². The van der Waals surface area contributed by atoms with E-state index in [1.807, 2.05) is 24.4 Å². The van der Waals surface area contributed by atoms with E-state index in [4.69, 9.17) is 9.40 Å². The van der Waals surface area contributed by atoms with Gasteiger partial charge in [-0.25, -0.2) is 4.98 Å². The molecule has 126 valence electrons. The van der Waals surface area contributed by atoms with Crippen molar-refractivity contribution in [3.63, 3.8) is 0 Å². The molecule has 0 saturated carbocycles. The van der Waals surface area contributed by atoms with Crippen molar-refractivity contribution in [2.75, 3.05) is 5.32 Å². The summed E-state index contributed by atoms with van der Waals surface area (Å²) >= 11 is 0. The van der Waals surface area contributed by atoms with Crippen LogP contribution in [-0.2, 0) is 0 Å². The highest BCUT2D eigenvalue weighted by Gasteiger charge is 2.17. The van der Waals surface area contributed by atoms with Gasteiger partial charge in [0.05, 0.1) is 6.26 Å². The molecule has 0 bridgehead atoms. The first kappa shape index (κ1) is 15.5. The van der Waals surface area contributed by atoms with Gasteiger partial charge in [-0.1, -0.05) is 32.0 Å². The van der Waals surface area contributed by atoms with Crippen LogP contribution in [0.3, 0.4) is 0 Å². The Morgan fingerprint density at radius 2 is 1.84 bits per heavy atom. The SMILES string of the molecule is Cc1cccn2c(Nc3ccc(C(C)C)cc3)c(-c3ccco3)nc12. The first-order valence-electron chi connectivity index (χ1n) is 8.52. The van der Waals surface area contributed by atoms with E-state index in [0.717, 1.165) is 34.2 Å². The summed E-state index contributed by atoms with van der Waals surface area (Å²) in [6.45, 7) is 6.46. The molecule has 25 heavy (non-hydrogen) atoms. The van der Waals surface area contributed by atoms with Crippen LogP contribution in [0, 0.1) is 6.92 Å². The molecule has 0 saturated heterocycles. The Kier molecular flexibility index (Phi) is 3.80. The molecule has 0 atom stereocenters. The zero-order valence-electron chi connectivity index (χ0n) is 14.7. The van der Waals surface area contributed by atoms with E-state index in [-0.39, 0.29) is 0 Å². The van der Waals surface area contributed by atoms with Crippen molar-refractivity contribution in [1.29, 1.82) is 0 Å². The number of fused-ring (bicyclic) bond motifs is 1. The number of pyridine rings is 1. The Hall–Kier alpha value is -3.01. The summed E-state index contributed by atoms with van der Waals surface area (Å²) in [5, 5.41) is 3.52. The molecule has 0 aliphatic heterocycles.